The van der Waals surface area contributed by atoms with E-state index in [9.17, 15) is 8.42 Å². The van der Waals surface area contributed by atoms with Gasteiger partial charge in [-0.05, 0) is 56.2 Å². The van der Waals surface area contributed by atoms with E-state index in [-0.39, 0.29) is 0 Å². The van der Waals surface area contributed by atoms with E-state index in [0.29, 0.717) is 21.7 Å². The van der Waals surface area contributed by atoms with E-state index in [4.69, 9.17) is 0 Å². The van der Waals surface area contributed by atoms with Crippen molar-refractivity contribution in [3.8, 4) is 0 Å². The molecule has 2 rings (SSSR count). The highest BCUT2D eigenvalue weighted by Crippen LogP contribution is 2.26. The molecule has 0 radical (unpaired) electrons. The van der Waals surface area contributed by atoms with Crippen LogP contribution in [0, 0.1) is 20.8 Å². The van der Waals surface area contributed by atoms with Crippen molar-refractivity contribution in [2.24, 2.45) is 0 Å². The quantitative estimate of drug-likeness (QED) is 0.911. The normalized spacial score (nSPS) is 11.2. The molecule has 1 heterocycles. The smallest absolute Gasteiger partial charge is 0.262 e. The van der Waals surface area contributed by atoms with Crippen LogP contribution in [-0.2, 0) is 10.0 Å². The Morgan fingerprint density at radius 2 is 1.62 bits per heavy atom. The average Bonchev–Trinajstić information content (AvgIpc) is 2.39. The lowest BCUT2D eigenvalue weighted by atomic mass is 10.1. The second kappa shape index (κ2) is 5.73. The van der Waals surface area contributed by atoms with Gasteiger partial charge < -0.3 is 5.32 Å². The van der Waals surface area contributed by atoms with Gasteiger partial charge in [0.15, 0.2) is 0 Å². The molecule has 0 aliphatic rings. The maximum absolute atomic E-state index is 12.6. The number of hydrogen-bond acceptors (Lipinski definition) is 4. The van der Waals surface area contributed by atoms with Crippen molar-refractivity contribution < 1.29 is 8.42 Å². The molecular formula is C15H19N3O2S. The van der Waals surface area contributed by atoms with E-state index in [1.807, 2.05) is 19.1 Å². The molecule has 0 aliphatic heterocycles. The third-order valence-electron chi connectivity index (χ3n) is 3.18. The van der Waals surface area contributed by atoms with Crippen LogP contribution in [0.4, 0.5) is 11.4 Å². The van der Waals surface area contributed by atoms with Crippen molar-refractivity contribution in [3.05, 3.63) is 47.3 Å². The van der Waals surface area contributed by atoms with E-state index in [0.717, 1.165) is 11.4 Å². The summed E-state index contributed by atoms with van der Waals surface area (Å²) in [6.45, 7) is 5.43. The molecule has 2 aromatic rings. The summed E-state index contributed by atoms with van der Waals surface area (Å²) < 4.78 is 27.7. The molecule has 0 aliphatic carbocycles. The van der Waals surface area contributed by atoms with E-state index < -0.39 is 10.0 Å². The standard InChI is InChI=1S/C15H19N3O2S/c1-10-7-14(16-4)8-11(2)15(10)21(19,20)18-13-6-5-12(3)17-9-13/h5-9,16,18H,1-4H3. The van der Waals surface area contributed by atoms with Crippen LogP contribution in [0.2, 0.25) is 0 Å². The van der Waals surface area contributed by atoms with Crippen LogP contribution in [-0.4, -0.2) is 20.4 Å². The summed E-state index contributed by atoms with van der Waals surface area (Å²) in [5.41, 5.74) is 3.58. The van der Waals surface area contributed by atoms with Crippen molar-refractivity contribution in [1.82, 2.24) is 4.98 Å². The number of aromatic nitrogens is 1. The van der Waals surface area contributed by atoms with Crippen LogP contribution < -0.4 is 10.0 Å². The minimum atomic E-state index is -3.63. The maximum Gasteiger partial charge on any atom is 0.262 e. The highest BCUT2D eigenvalue weighted by atomic mass is 32.2. The fourth-order valence-corrected chi connectivity index (χ4v) is 3.75. The fraction of sp³-hybridized carbons (Fsp3) is 0.267. The molecular weight excluding hydrogens is 286 g/mol. The molecule has 1 aromatic heterocycles. The molecule has 6 heteroatoms. The molecule has 0 saturated carbocycles. The zero-order valence-corrected chi connectivity index (χ0v) is 13.4. The Balaban J connectivity index is 2.42. The van der Waals surface area contributed by atoms with E-state index >= 15 is 0 Å². The lowest BCUT2D eigenvalue weighted by Crippen LogP contribution is -2.16. The van der Waals surface area contributed by atoms with Gasteiger partial charge in [-0.3, -0.25) is 9.71 Å². The zero-order valence-electron chi connectivity index (χ0n) is 12.6. The monoisotopic (exact) mass is 305 g/mol. The van der Waals surface area contributed by atoms with Gasteiger partial charge in [-0.15, -0.1) is 0 Å². The SMILES string of the molecule is CNc1cc(C)c(S(=O)(=O)Nc2ccc(C)nc2)c(C)c1. The summed E-state index contributed by atoms with van der Waals surface area (Å²) in [5.74, 6) is 0. The first-order chi connectivity index (χ1) is 9.83. The molecule has 0 unspecified atom stereocenters. The summed E-state index contributed by atoms with van der Waals surface area (Å²) in [4.78, 5) is 4.40. The summed E-state index contributed by atoms with van der Waals surface area (Å²) in [7, 11) is -1.83. The number of pyridine rings is 1. The lowest BCUT2D eigenvalue weighted by molar-refractivity contribution is 0.600. The minimum Gasteiger partial charge on any atom is -0.388 e. The summed E-state index contributed by atoms with van der Waals surface area (Å²) in [6, 6.07) is 7.10. The van der Waals surface area contributed by atoms with Gasteiger partial charge in [-0.1, -0.05) is 0 Å². The largest absolute Gasteiger partial charge is 0.388 e. The van der Waals surface area contributed by atoms with Gasteiger partial charge in [0.25, 0.3) is 10.0 Å². The molecule has 21 heavy (non-hydrogen) atoms. The first-order valence-electron chi connectivity index (χ1n) is 6.58. The molecule has 0 amide bonds. The number of anilines is 2. The Morgan fingerprint density at radius 1 is 1.00 bits per heavy atom. The Bertz CT molecular complexity index is 730. The van der Waals surface area contributed by atoms with Gasteiger partial charge in [0.05, 0.1) is 16.8 Å². The highest BCUT2D eigenvalue weighted by molar-refractivity contribution is 7.92. The average molecular weight is 305 g/mol. The molecule has 0 fully saturated rings. The predicted octanol–water partition coefficient (Wildman–Crippen LogP) is 2.85. The summed E-state index contributed by atoms with van der Waals surface area (Å²) in [5, 5.41) is 3.02. The van der Waals surface area contributed by atoms with Crippen LogP contribution in [0.25, 0.3) is 0 Å². The Morgan fingerprint density at radius 3 is 2.10 bits per heavy atom. The second-order valence-corrected chi connectivity index (χ2v) is 6.60. The van der Waals surface area contributed by atoms with Gasteiger partial charge >= 0.3 is 0 Å². The van der Waals surface area contributed by atoms with E-state index in [1.54, 1.807) is 33.0 Å². The molecule has 1 aromatic carbocycles. The Kier molecular flexibility index (Phi) is 4.18. The third-order valence-corrected chi connectivity index (χ3v) is 4.87. The van der Waals surface area contributed by atoms with Crippen LogP contribution in [0.5, 0.6) is 0 Å². The lowest BCUT2D eigenvalue weighted by Gasteiger charge is -2.14. The molecule has 112 valence electrons. The second-order valence-electron chi connectivity index (χ2n) is 4.98. The van der Waals surface area contributed by atoms with Gasteiger partial charge in [0.2, 0.25) is 0 Å². The van der Waals surface area contributed by atoms with Crippen molar-refractivity contribution in [2.45, 2.75) is 25.7 Å². The van der Waals surface area contributed by atoms with Crippen molar-refractivity contribution in [1.29, 1.82) is 0 Å². The van der Waals surface area contributed by atoms with Crippen LogP contribution in [0.3, 0.4) is 0 Å². The van der Waals surface area contributed by atoms with Crippen molar-refractivity contribution >= 4 is 21.4 Å². The van der Waals surface area contributed by atoms with Crippen molar-refractivity contribution in [3.63, 3.8) is 0 Å². The summed E-state index contributed by atoms with van der Waals surface area (Å²) in [6.07, 6.45) is 1.51. The van der Waals surface area contributed by atoms with Crippen LogP contribution in [0.15, 0.2) is 35.4 Å². The van der Waals surface area contributed by atoms with Crippen LogP contribution in [0.1, 0.15) is 16.8 Å². The maximum atomic E-state index is 12.6. The fourth-order valence-electron chi connectivity index (χ4n) is 2.25. The molecule has 2 N–H and O–H groups in total. The van der Waals surface area contributed by atoms with E-state index in [1.165, 1.54) is 6.20 Å². The predicted molar refractivity (Wildman–Crippen MR) is 85.2 cm³/mol. The number of sulfonamides is 1. The van der Waals surface area contributed by atoms with Crippen molar-refractivity contribution in [2.75, 3.05) is 17.1 Å². The number of aryl methyl sites for hydroxylation is 3. The topological polar surface area (TPSA) is 71.1 Å². The molecule has 5 nitrogen and oxygen atoms in total. The third kappa shape index (κ3) is 3.33. The number of nitrogens with zero attached hydrogens (tertiary/aromatic N) is 1. The van der Waals surface area contributed by atoms with Gasteiger partial charge in [0.1, 0.15) is 0 Å². The first-order valence-corrected chi connectivity index (χ1v) is 8.06. The number of nitrogens with one attached hydrogen (secondary N) is 2. The molecule has 0 bridgehead atoms. The number of hydrogen-bond donors (Lipinski definition) is 2. The zero-order chi connectivity index (χ0) is 15.6. The first kappa shape index (κ1) is 15.3. The van der Waals surface area contributed by atoms with Crippen LogP contribution >= 0.6 is 0 Å². The Hall–Kier alpha value is -2.08. The van der Waals surface area contributed by atoms with Gasteiger partial charge in [-0.2, -0.15) is 0 Å². The van der Waals surface area contributed by atoms with Gasteiger partial charge in [-0.25, -0.2) is 8.42 Å². The van der Waals surface area contributed by atoms with E-state index in [2.05, 4.69) is 15.0 Å². The van der Waals surface area contributed by atoms with Gasteiger partial charge in [0, 0.05) is 18.4 Å². The highest BCUT2D eigenvalue weighted by Gasteiger charge is 2.20. The number of rotatable bonds is 4. The Labute approximate surface area is 125 Å². The molecule has 0 atom stereocenters. The minimum absolute atomic E-state index is 0.307. The number of benzene rings is 1. The summed E-state index contributed by atoms with van der Waals surface area (Å²) >= 11 is 0. The molecule has 0 spiro atoms. The molecule has 0 saturated heterocycles.